The van der Waals surface area contributed by atoms with Crippen LogP contribution in [0.1, 0.15) is 33.6 Å². The van der Waals surface area contributed by atoms with E-state index in [0.717, 1.165) is 25.1 Å². The monoisotopic (exact) mass is 292 g/mol. The van der Waals surface area contributed by atoms with E-state index in [9.17, 15) is 9.59 Å². The fourth-order valence-electron chi connectivity index (χ4n) is 3.40. The number of carbonyl (C=O) groups is 2. The van der Waals surface area contributed by atoms with Crippen molar-refractivity contribution in [3.8, 4) is 0 Å². The number of nitrogens with zero attached hydrogens (tertiary/aromatic N) is 2. The van der Waals surface area contributed by atoms with Crippen molar-refractivity contribution in [3.63, 3.8) is 0 Å². The third-order valence-corrected chi connectivity index (χ3v) is 4.41. The summed E-state index contributed by atoms with van der Waals surface area (Å²) in [6, 6.07) is 16.6. The predicted octanol–water partition coefficient (Wildman–Crippen LogP) is 2.91. The molecule has 1 fully saturated rings. The lowest BCUT2D eigenvalue weighted by Crippen LogP contribution is -2.54. The van der Waals surface area contributed by atoms with Gasteiger partial charge in [0.2, 0.25) is 0 Å². The Morgan fingerprint density at radius 3 is 2.55 bits per heavy atom. The van der Waals surface area contributed by atoms with Gasteiger partial charge < -0.3 is 4.90 Å². The van der Waals surface area contributed by atoms with Crippen LogP contribution in [0.25, 0.3) is 0 Å². The molecule has 2 amide bonds. The van der Waals surface area contributed by atoms with Crippen molar-refractivity contribution in [2.24, 2.45) is 0 Å². The van der Waals surface area contributed by atoms with Gasteiger partial charge in [-0.3, -0.25) is 14.5 Å². The molecule has 4 nitrogen and oxygen atoms in total. The molecule has 2 aromatic rings. The largest absolute Gasteiger partial charge is 0.318 e. The summed E-state index contributed by atoms with van der Waals surface area (Å²) in [6.07, 6.45) is 1.61. The number of para-hydroxylation sites is 1. The number of hydrogen-bond acceptors (Lipinski definition) is 2. The van der Waals surface area contributed by atoms with Crippen LogP contribution in [-0.2, 0) is 0 Å². The van der Waals surface area contributed by atoms with Gasteiger partial charge in [-0.05, 0) is 37.1 Å². The van der Waals surface area contributed by atoms with Crippen LogP contribution in [0.3, 0.4) is 0 Å². The van der Waals surface area contributed by atoms with Crippen LogP contribution in [0, 0.1) is 0 Å². The Labute approximate surface area is 129 Å². The van der Waals surface area contributed by atoms with Crippen LogP contribution < -0.4 is 4.90 Å². The highest BCUT2D eigenvalue weighted by molar-refractivity contribution is 6.13. The number of rotatable bonds is 1. The maximum absolute atomic E-state index is 13.0. The summed E-state index contributed by atoms with van der Waals surface area (Å²) in [7, 11) is 0. The molecule has 1 atom stereocenters. The third-order valence-electron chi connectivity index (χ3n) is 4.41. The van der Waals surface area contributed by atoms with Gasteiger partial charge in [0.15, 0.2) is 0 Å². The topological polar surface area (TPSA) is 40.6 Å². The number of carbonyl (C=O) groups excluding carboxylic acids is 2. The molecule has 0 saturated carbocycles. The minimum Gasteiger partial charge on any atom is -0.318 e. The quantitative estimate of drug-likeness (QED) is 0.811. The molecule has 2 heterocycles. The molecule has 4 heteroatoms. The maximum atomic E-state index is 13.0. The highest BCUT2D eigenvalue weighted by Crippen LogP contribution is 2.36. The molecule has 1 unspecified atom stereocenters. The lowest BCUT2D eigenvalue weighted by Gasteiger charge is -2.40. The van der Waals surface area contributed by atoms with Crippen LogP contribution in [0.5, 0.6) is 0 Å². The van der Waals surface area contributed by atoms with E-state index in [-0.39, 0.29) is 18.0 Å². The summed E-state index contributed by atoms with van der Waals surface area (Å²) >= 11 is 0. The number of anilines is 1. The highest BCUT2D eigenvalue weighted by atomic mass is 16.2. The molecule has 0 N–H and O–H groups in total. The van der Waals surface area contributed by atoms with Crippen molar-refractivity contribution < 1.29 is 9.59 Å². The van der Waals surface area contributed by atoms with E-state index in [2.05, 4.69) is 0 Å². The Morgan fingerprint density at radius 1 is 1.00 bits per heavy atom. The third kappa shape index (κ3) is 1.84. The summed E-state index contributed by atoms with van der Waals surface area (Å²) in [5.41, 5.74) is 1.99. The lowest BCUT2D eigenvalue weighted by atomic mass is 10.0. The number of benzene rings is 2. The van der Waals surface area contributed by atoms with Crippen molar-refractivity contribution in [1.82, 2.24) is 4.90 Å². The number of fused-ring (bicyclic) bond motifs is 2. The van der Waals surface area contributed by atoms with E-state index in [0.29, 0.717) is 11.1 Å². The van der Waals surface area contributed by atoms with Crippen LogP contribution in [-0.4, -0.2) is 29.4 Å². The molecular formula is C18H16N2O2. The molecule has 0 aliphatic carbocycles. The molecule has 4 rings (SSSR count). The fraction of sp³-hybridized carbons (Fsp3) is 0.222. The first kappa shape index (κ1) is 13.1. The summed E-state index contributed by atoms with van der Waals surface area (Å²) in [6.45, 7) is 0.719. The van der Waals surface area contributed by atoms with Crippen molar-refractivity contribution in [2.45, 2.75) is 19.0 Å². The minimum absolute atomic E-state index is 0.0372. The number of amides is 2. The maximum Gasteiger partial charge on any atom is 0.259 e. The first-order chi connectivity index (χ1) is 10.8. The molecule has 22 heavy (non-hydrogen) atoms. The van der Waals surface area contributed by atoms with Gasteiger partial charge in [-0.25, -0.2) is 0 Å². The summed E-state index contributed by atoms with van der Waals surface area (Å²) in [5.74, 6) is -0.00679. The van der Waals surface area contributed by atoms with Gasteiger partial charge >= 0.3 is 0 Å². The summed E-state index contributed by atoms with van der Waals surface area (Å²) in [5, 5.41) is 0. The second kappa shape index (κ2) is 4.98. The predicted molar refractivity (Wildman–Crippen MR) is 83.8 cm³/mol. The van der Waals surface area contributed by atoms with E-state index in [1.165, 1.54) is 0 Å². The van der Waals surface area contributed by atoms with Gasteiger partial charge in [0.05, 0.1) is 11.3 Å². The average molecular weight is 292 g/mol. The second-order valence-corrected chi connectivity index (χ2v) is 5.68. The zero-order valence-corrected chi connectivity index (χ0v) is 12.1. The second-order valence-electron chi connectivity index (χ2n) is 5.68. The van der Waals surface area contributed by atoms with E-state index < -0.39 is 0 Å². The van der Waals surface area contributed by atoms with E-state index in [1.54, 1.807) is 11.0 Å². The average Bonchev–Trinajstić information content (AvgIpc) is 3.05. The normalized spacial score (nSPS) is 19.8. The number of hydrogen-bond donors (Lipinski definition) is 0. The smallest absolute Gasteiger partial charge is 0.259 e. The molecule has 1 saturated heterocycles. The molecular weight excluding hydrogens is 276 g/mol. The van der Waals surface area contributed by atoms with Crippen LogP contribution in [0.2, 0.25) is 0 Å². The Hall–Kier alpha value is -2.62. The van der Waals surface area contributed by atoms with Gasteiger partial charge in [-0.2, -0.15) is 0 Å². The van der Waals surface area contributed by atoms with Crippen LogP contribution >= 0.6 is 0 Å². The molecule has 2 aliphatic rings. The van der Waals surface area contributed by atoms with Crippen molar-refractivity contribution >= 4 is 17.5 Å². The Kier molecular flexibility index (Phi) is 2.96. The fourth-order valence-corrected chi connectivity index (χ4v) is 3.40. The van der Waals surface area contributed by atoms with Gasteiger partial charge in [-0.1, -0.05) is 30.3 Å². The van der Waals surface area contributed by atoms with E-state index in [1.807, 2.05) is 53.4 Å². The van der Waals surface area contributed by atoms with Crippen molar-refractivity contribution in [1.29, 1.82) is 0 Å². The first-order valence-corrected chi connectivity index (χ1v) is 7.56. The van der Waals surface area contributed by atoms with Crippen LogP contribution in [0.4, 0.5) is 5.69 Å². The molecule has 0 spiro atoms. The van der Waals surface area contributed by atoms with E-state index in [4.69, 9.17) is 0 Å². The Balaban J connectivity index is 1.84. The summed E-state index contributed by atoms with van der Waals surface area (Å²) in [4.78, 5) is 29.2. The van der Waals surface area contributed by atoms with Gasteiger partial charge in [0, 0.05) is 12.1 Å². The van der Waals surface area contributed by atoms with Gasteiger partial charge in [0.1, 0.15) is 6.17 Å². The molecule has 110 valence electrons. The molecule has 0 aromatic heterocycles. The minimum atomic E-state index is -0.157. The zero-order valence-electron chi connectivity index (χ0n) is 12.1. The highest BCUT2D eigenvalue weighted by Gasteiger charge is 2.42. The standard InChI is InChI=1S/C18H16N2O2/c21-17(13-7-2-1-3-8-13)20-15-10-5-4-9-14(15)18(22)19-12-6-11-16(19)20/h1-5,7-10,16H,6,11-12H2. The molecule has 2 aliphatic heterocycles. The lowest BCUT2D eigenvalue weighted by molar-refractivity contribution is 0.0698. The molecule has 2 aromatic carbocycles. The Morgan fingerprint density at radius 2 is 1.73 bits per heavy atom. The summed E-state index contributed by atoms with van der Waals surface area (Å²) < 4.78 is 0. The first-order valence-electron chi connectivity index (χ1n) is 7.56. The molecule has 0 radical (unpaired) electrons. The molecule has 0 bridgehead atoms. The van der Waals surface area contributed by atoms with Gasteiger partial charge in [-0.15, -0.1) is 0 Å². The van der Waals surface area contributed by atoms with Crippen LogP contribution in [0.15, 0.2) is 54.6 Å². The van der Waals surface area contributed by atoms with Gasteiger partial charge in [0.25, 0.3) is 11.8 Å². The van der Waals surface area contributed by atoms with E-state index >= 15 is 0 Å². The SMILES string of the molecule is O=C1c2ccccc2N(C(=O)c2ccccc2)C2CCCN12. The zero-order chi connectivity index (χ0) is 15.1. The Bertz CT molecular complexity index is 742. The van der Waals surface area contributed by atoms with Crippen molar-refractivity contribution in [3.05, 3.63) is 65.7 Å². The van der Waals surface area contributed by atoms with Crippen molar-refractivity contribution in [2.75, 3.05) is 11.4 Å².